The van der Waals surface area contributed by atoms with Gasteiger partial charge >= 0.3 is 0 Å². The number of carbonyl (C=O) groups excluding carboxylic acids is 2. The number of amides is 2. The molecule has 49 heavy (non-hydrogen) atoms. The van der Waals surface area contributed by atoms with E-state index in [2.05, 4.69) is 39.8 Å². The summed E-state index contributed by atoms with van der Waals surface area (Å²) in [5.41, 5.74) is 5.32. The first-order valence-corrected chi connectivity index (χ1v) is 17.8. The number of ether oxygens (including phenoxy) is 3. The van der Waals surface area contributed by atoms with E-state index in [9.17, 15) is 14.4 Å². The highest BCUT2D eigenvalue weighted by Gasteiger charge is 2.30. The summed E-state index contributed by atoms with van der Waals surface area (Å²) >= 11 is 1.62. The van der Waals surface area contributed by atoms with Crippen molar-refractivity contribution in [2.45, 2.75) is 58.5 Å². The van der Waals surface area contributed by atoms with E-state index < -0.39 is 12.1 Å². The average Bonchev–Trinajstić information content (AvgIpc) is 3.31. The van der Waals surface area contributed by atoms with Crippen molar-refractivity contribution in [3.8, 4) is 28.4 Å². The molecule has 3 aromatic carbocycles. The maximum Gasteiger partial charge on any atom is 0.246 e. The third-order valence-corrected chi connectivity index (χ3v) is 9.22. The van der Waals surface area contributed by atoms with Crippen molar-refractivity contribution in [2.75, 3.05) is 44.0 Å². The quantitative estimate of drug-likeness (QED) is 0.131. The molecule has 4 N–H and O–H groups in total. The lowest BCUT2D eigenvalue weighted by Crippen LogP contribution is -2.36. The lowest BCUT2D eigenvalue weighted by molar-refractivity contribution is -0.120. The predicted octanol–water partition coefficient (Wildman–Crippen LogP) is 6.11. The van der Waals surface area contributed by atoms with E-state index in [0.717, 1.165) is 34.4 Å². The lowest BCUT2D eigenvalue weighted by Gasteiger charge is -2.19. The largest absolute Gasteiger partial charge is 0.493 e. The lowest BCUT2D eigenvalue weighted by atomic mass is 9.95. The summed E-state index contributed by atoms with van der Waals surface area (Å²) in [7, 11) is 4.68. The van der Waals surface area contributed by atoms with Crippen molar-refractivity contribution in [3.05, 3.63) is 69.6 Å². The third kappa shape index (κ3) is 7.96. The number of imidazole rings is 1. The first kappa shape index (κ1) is 35.6. The van der Waals surface area contributed by atoms with Crippen molar-refractivity contribution in [1.29, 1.82) is 0 Å². The minimum absolute atomic E-state index is 0.209. The summed E-state index contributed by atoms with van der Waals surface area (Å²) in [5.74, 6) is 3.02. The summed E-state index contributed by atoms with van der Waals surface area (Å²) in [5, 5.41) is 9.32. The van der Waals surface area contributed by atoms with Gasteiger partial charge in [0.2, 0.25) is 23.0 Å². The molecule has 0 radical (unpaired) electrons. The van der Waals surface area contributed by atoms with Crippen LogP contribution in [-0.2, 0) is 22.4 Å². The summed E-state index contributed by atoms with van der Waals surface area (Å²) in [6, 6.07) is 11.5. The first-order valence-electron chi connectivity index (χ1n) is 16.4. The number of nitrogens with zero attached hydrogens (tertiary/aromatic N) is 1. The molecule has 0 bridgehead atoms. The Morgan fingerprint density at radius 3 is 2.49 bits per heavy atom. The number of anilines is 2. The maximum absolute atomic E-state index is 13.9. The Bertz CT molecular complexity index is 1910. The Balaban J connectivity index is 1.53. The van der Waals surface area contributed by atoms with Gasteiger partial charge in [-0.25, -0.2) is 4.98 Å². The standard InChI is InChI=1S/C37H45N5O6S/c1-20(2)16-33-41-27-12-9-23(18-30(27)42-33)39-37(45)29(14-15-49-7)40-28-13-10-24-25(19-31(28)44)26(38-21(3)43)11-8-22-17-32(46-4)35(47-5)36(48-6)34(22)24/h9-10,12-13,17-20,26,29H,8,11,14-16H2,1-7H3,(H,38,43)(H,39,45)(H,40,44)(H,41,42)/t26-,29-/m0/s1. The molecule has 0 unspecified atom stereocenters. The van der Waals surface area contributed by atoms with Crippen LogP contribution in [0.2, 0.25) is 0 Å². The van der Waals surface area contributed by atoms with Crippen LogP contribution in [0.5, 0.6) is 17.2 Å². The van der Waals surface area contributed by atoms with Gasteiger partial charge in [-0.1, -0.05) is 19.9 Å². The van der Waals surface area contributed by atoms with Crippen molar-refractivity contribution in [1.82, 2.24) is 15.3 Å². The summed E-state index contributed by atoms with van der Waals surface area (Å²) in [6.45, 7) is 5.74. The number of thioether (sulfide) groups is 1. The topological polar surface area (TPSA) is 144 Å². The molecule has 2 atom stereocenters. The molecule has 11 nitrogen and oxygen atoms in total. The summed E-state index contributed by atoms with van der Waals surface area (Å²) in [6.07, 6.45) is 4.43. The van der Waals surface area contributed by atoms with Gasteiger partial charge in [0.25, 0.3) is 0 Å². The van der Waals surface area contributed by atoms with Crippen LogP contribution in [0.15, 0.2) is 47.3 Å². The molecule has 1 aromatic heterocycles. The fraction of sp³-hybridized carbons (Fsp3) is 0.405. The van der Waals surface area contributed by atoms with Crippen molar-refractivity contribution in [3.63, 3.8) is 0 Å². The molecule has 2 amide bonds. The number of carbonyl (C=O) groups is 2. The molecule has 0 saturated heterocycles. The fourth-order valence-corrected chi connectivity index (χ4v) is 6.84. The molecular formula is C37H45N5O6S. The number of hydrogen-bond donors (Lipinski definition) is 4. The molecular weight excluding hydrogens is 643 g/mol. The molecule has 260 valence electrons. The van der Waals surface area contributed by atoms with Gasteiger partial charge in [0.15, 0.2) is 11.5 Å². The molecule has 4 aromatic rings. The van der Waals surface area contributed by atoms with Gasteiger partial charge in [0, 0.05) is 24.6 Å². The Hall–Kier alpha value is -4.71. The Labute approximate surface area is 290 Å². The van der Waals surface area contributed by atoms with Crippen LogP contribution in [0.3, 0.4) is 0 Å². The number of methoxy groups -OCH3 is 3. The van der Waals surface area contributed by atoms with E-state index in [-0.39, 0.29) is 22.9 Å². The maximum atomic E-state index is 13.9. The van der Waals surface area contributed by atoms with Gasteiger partial charge in [-0.05, 0) is 90.3 Å². The molecule has 1 aliphatic rings. The second-order valence-electron chi connectivity index (χ2n) is 12.6. The first-order chi connectivity index (χ1) is 23.6. The predicted molar refractivity (Wildman–Crippen MR) is 196 cm³/mol. The molecule has 12 heteroatoms. The number of aromatic nitrogens is 2. The minimum atomic E-state index is -0.700. The van der Waals surface area contributed by atoms with Gasteiger partial charge < -0.3 is 35.1 Å². The smallest absolute Gasteiger partial charge is 0.246 e. The van der Waals surface area contributed by atoms with Crippen LogP contribution in [0.25, 0.3) is 22.2 Å². The Morgan fingerprint density at radius 1 is 1.04 bits per heavy atom. The number of benzene rings is 2. The molecule has 0 fully saturated rings. The minimum Gasteiger partial charge on any atom is -0.493 e. The summed E-state index contributed by atoms with van der Waals surface area (Å²) in [4.78, 5) is 48.0. The van der Waals surface area contributed by atoms with Crippen LogP contribution in [0.4, 0.5) is 11.4 Å². The average molecular weight is 688 g/mol. The van der Waals surface area contributed by atoms with Crippen molar-refractivity contribution < 1.29 is 23.8 Å². The molecule has 1 heterocycles. The number of H-pyrrole nitrogens is 1. The molecule has 5 rings (SSSR count). The molecule has 1 aliphatic carbocycles. The van der Waals surface area contributed by atoms with Crippen LogP contribution < -0.4 is 35.6 Å². The monoisotopic (exact) mass is 687 g/mol. The van der Waals surface area contributed by atoms with Crippen molar-refractivity contribution >= 4 is 46.0 Å². The molecule has 0 aliphatic heterocycles. The van der Waals surface area contributed by atoms with Crippen molar-refractivity contribution in [2.24, 2.45) is 5.92 Å². The highest BCUT2D eigenvalue weighted by molar-refractivity contribution is 7.98. The number of fused-ring (bicyclic) bond motifs is 4. The number of aromatic amines is 1. The van der Waals surface area contributed by atoms with Gasteiger partial charge in [0.05, 0.1) is 44.1 Å². The van der Waals surface area contributed by atoms with E-state index in [1.807, 2.05) is 36.6 Å². The normalized spacial score (nSPS) is 14.3. The number of aryl methyl sites for hydroxylation is 1. The van der Waals surface area contributed by atoms with Crippen LogP contribution >= 0.6 is 11.8 Å². The van der Waals surface area contributed by atoms with Crippen LogP contribution in [0.1, 0.15) is 56.6 Å². The highest BCUT2D eigenvalue weighted by Crippen LogP contribution is 2.50. The number of rotatable bonds is 13. The number of hydrogen-bond acceptors (Lipinski definition) is 9. The zero-order chi connectivity index (χ0) is 35.2. The Morgan fingerprint density at radius 2 is 1.82 bits per heavy atom. The molecule has 0 spiro atoms. The van der Waals surface area contributed by atoms with E-state index in [0.29, 0.717) is 65.0 Å². The zero-order valence-corrected chi connectivity index (χ0v) is 29.9. The summed E-state index contributed by atoms with van der Waals surface area (Å²) < 4.78 is 17.2. The zero-order valence-electron chi connectivity index (χ0n) is 29.1. The Kier molecular flexibility index (Phi) is 11.4. The van der Waals surface area contributed by atoms with Gasteiger partial charge in [-0.3, -0.25) is 14.4 Å². The fourth-order valence-electron chi connectivity index (χ4n) is 6.37. The van der Waals surface area contributed by atoms with E-state index in [1.165, 1.54) is 6.92 Å². The SMILES string of the molecule is COc1cc2c(c(OC)c1OC)-c1ccc(N[C@@H](CCSC)C(=O)Nc3ccc4nc(CC(C)C)[nH]c4c3)c(=O)cc1[C@@H](NC(C)=O)CC2. The van der Waals surface area contributed by atoms with E-state index in [1.54, 1.807) is 45.2 Å². The number of nitrogens with one attached hydrogen (secondary N) is 4. The molecule has 0 saturated carbocycles. The highest BCUT2D eigenvalue weighted by atomic mass is 32.2. The van der Waals surface area contributed by atoms with E-state index in [4.69, 9.17) is 14.2 Å². The van der Waals surface area contributed by atoms with Crippen LogP contribution in [-0.4, -0.2) is 61.2 Å². The van der Waals surface area contributed by atoms with Gasteiger partial charge in [-0.15, -0.1) is 0 Å². The van der Waals surface area contributed by atoms with Crippen LogP contribution in [0, 0.1) is 5.92 Å². The van der Waals surface area contributed by atoms with Gasteiger partial charge in [0.1, 0.15) is 11.9 Å². The second-order valence-corrected chi connectivity index (χ2v) is 13.6. The third-order valence-electron chi connectivity index (χ3n) is 8.57. The second kappa shape index (κ2) is 15.7. The van der Waals surface area contributed by atoms with Gasteiger partial charge in [-0.2, -0.15) is 11.8 Å². The van der Waals surface area contributed by atoms with E-state index >= 15 is 0 Å².